The summed E-state index contributed by atoms with van der Waals surface area (Å²) in [6.07, 6.45) is 5.81. The third kappa shape index (κ3) is 2.49. The fraction of sp³-hybridized carbons (Fsp3) is 0.900. The Hall–Kier alpha value is -0.550. The fourth-order valence-corrected chi connectivity index (χ4v) is 1.65. The standard InChI is InChI=1S/C10H17NO/c1-2-3-7-12-10-6-4-5-9(10)8-11/h9-10H,2-7H2,1H3. The fourth-order valence-electron chi connectivity index (χ4n) is 1.65. The monoisotopic (exact) mass is 167 g/mol. The SMILES string of the molecule is CCCCOC1CCCC1C#N. The van der Waals surface area contributed by atoms with E-state index < -0.39 is 0 Å². The van der Waals surface area contributed by atoms with Gasteiger partial charge in [0.05, 0.1) is 18.1 Å². The van der Waals surface area contributed by atoms with Gasteiger partial charge in [0.2, 0.25) is 0 Å². The van der Waals surface area contributed by atoms with Crippen molar-refractivity contribution in [2.75, 3.05) is 6.61 Å². The van der Waals surface area contributed by atoms with E-state index in [1.807, 2.05) is 0 Å². The minimum absolute atomic E-state index is 0.168. The van der Waals surface area contributed by atoms with Gasteiger partial charge in [-0.05, 0) is 25.7 Å². The first kappa shape index (κ1) is 9.54. The van der Waals surface area contributed by atoms with Gasteiger partial charge < -0.3 is 4.74 Å². The number of rotatable bonds is 4. The summed E-state index contributed by atoms with van der Waals surface area (Å²) >= 11 is 0. The third-order valence-electron chi connectivity index (χ3n) is 2.45. The Morgan fingerprint density at radius 2 is 2.33 bits per heavy atom. The number of nitrogens with zero attached hydrogens (tertiary/aromatic N) is 1. The molecule has 0 aromatic carbocycles. The quantitative estimate of drug-likeness (QED) is 0.603. The van der Waals surface area contributed by atoms with Crippen molar-refractivity contribution in [2.24, 2.45) is 5.92 Å². The summed E-state index contributed by atoms with van der Waals surface area (Å²) in [7, 11) is 0. The van der Waals surface area contributed by atoms with Gasteiger partial charge in [-0.15, -0.1) is 0 Å². The van der Waals surface area contributed by atoms with Crippen LogP contribution in [0.2, 0.25) is 0 Å². The average molecular weight is 167 g/mol. The second-order valence-electron chi connectivity index (χ2n) is 3.43. The van der Waals surface area contributed by atoms with Gasteiger partial charge in [0.1, 0.15) is 0 Å². The van der Waals surface area contributed by atoms with E-state index >= 15 is 0 Å². The van der Waals surface area contributed by atoms with Crippen LogP contribution in [0.4, 0.5) is 0 Å². The molecule has 0 aromatic rings. The maximum absolute atomic E-state index is 8.76. The minimum atomic E-state index is 0.168. The normalized spacial score (nSPS) is 28.7. The topological polar surface area (TPSA) is 33.0 Å². The van der Waals surface area contributed by atoms with Gasteiger partial charge in [-0.3, -0.25) is 0 Å². The van der Waals surface area contributed by atoms with Crippen molar-refractivity contribution in [2.45, 2.75) is 45.1 Å². The molecule has 1 aliphatic rings. The molecule has 0 aliphatic heterocycles. The molecule has 2 unspecified atom stereocenters. The number of ether oxygens (including phenoxy) is 1. The van der Waals surface area contributed by atoms with Crippen LogP contribution in [0.1, 0.15) is 39.0 Å². The van der Waals surface area contributed by atoms with Crippen molar-refractivity contribution in [3.63, 3.8) is 0 Å². The molecule has 12 heavy (non-hydrogen) atoms. The first-order valence-corrected chi connectivity index (χ1v) is 4.89. The summed E-state index contributed by atoms with van der Waals surface area (Å²) in [6, 6.07) is 2.32. The molecule has 0 N–H and O–H groups in total. The molecule has 0 radical (unpaired) electrons. The highest BCUT2D eigenvalue weighted by Gasteiger charge is 2.27. The second kappa shape index (κ2) is 5.16. The highest BCUT2D eigenvalue weighted by molar-refractivity contribution is 4.93. The molecule has 1 aliphatic carbocycles. The lowest BCUT2D eigenvalue weighted by molar-refractivity contribution is 0.0396. The summed E-state index contributed by atoms with van der Waals surface area (Å²) in [5.74, 6) is 0.168. The van der Waals surface area contributed by atoms with Crippen LogP contribution in [0.3, 0.4) is 0 Å². The molecule has 0 amide bonds. The molecule has 0 saturated heterocycles. The number of hydrogen-bond donors (Lipinski definition) is 0. The Balaban J connectivity index is 2.18. The van der Waals surface area contributed by atoms with Crippen LogP contribution in [0.5, 0.6) is 0 Å². The molecule has 0 bridgehead atoms. The van der Waals surface area contributed by atoms with Gasteiger partial charge in [-0.1, -0.05) is 13.3 Å². The van der Waals surface area contributed by atoms with E-state index in [0.29, 0.717) is 0 Å². The van der Waals surface area contributed by atoms with Crippen molar-refractivity contribution in [1.29, 1.82) is 5.26 Å². The van der Waals surface area contributed by atoms with Gasteiger partial charge in [-0.2, -0.15) is 5.26 Å². The minimum Gasteiger partial charge on any atom is -0.377 e. The van der Waals surface area contributed by atoms with Crippen LogP contribution in [-0.4, -0.2) is 12.7 Å². The van der Waals surface area contributed by atoms with E-state index in [2.05, 4.69) is 13.0 Å². The molecular weight excluding hydrogens is 150 g/mol. The summed E-state index contributed by atoms with van der Waals surface area (Å²) in [6.45, 7) is 2.99. The number of nitriles is 1. The Morgan fingerprint density at radius 3 is 3.00 bits per heavy atom. The maximum Gasteiger partial charge on any atom is 0.0733 e. The zero-order chi connectivity index (χ0) is 8.81. The number of hydrogen-bond acceptors (Lipinski definition) is 2. The highest BCUT2D eigenvalue weighted by atomic mass is 16.5. The molecule has 2 atom stereocenters. The Labute approximate surface area is 74.5 Å². The predicted molar refractivity (Wildman–Crippen MR) is 47.6 cm³/mol. The maximum atomic E-state index is 8.76. The van der Waals surface area contributed by atoms with Gasteiger partial charge in [-0.25, -0.2) is 0 Å². The van der Waals surface area contributed by atoms with Gasteiger partial charge in [0.15, 0.2) is 0 Å². The van der Waals surface area contributed by atoms with E-state index in [0.717, 1.165) is 32.3 Å². The molecule has 2 heteroatoms. The van der Waals surface area contributed by atoms with Crippen LogP contribution in [0.15, 0.2) is 0 Å². The Morgan fingerprint density at radius 1 is 1.50 bits per heavy atom. The van der Waals surface area contributed by atoms with E-state index in [1.165, 1.54) is 6.42 Å². The molecule has 2 nitrogen and oxygen atoms in total. The lowest BCUT2D eigenvalue weighted by Gasteiger charge is -2.13. The van der Waals surface area contributed by atoms with Crippen LogP contribution >= 0.6 is 0 Å². The highest BCUT2D eigenvalue weighted by Crippen LogP contribution is 2.27. The molecule has 0 spiro atoms. The lowest BCUT2D eigenvalue weighted by Crippen LogP contribution is -2.17. The first-order chi connectivity index (χ1) is 5.88. The van der Waals surface area contributed by atoms with E-state index in [4.69, 9.17) is 10.00 Å². The third-order valence-corrected chi connectivity index (χ3v) is 2.45. The Bertz CT molecular complexity index is 162. The molecule has 1 fully saturated rings. The van der Waals surface area contributed by atoms with E-state index in [1.54, 1.807) is 0 Å². The summed E-state index contributed by atoms with van der Waals surface area (Å²) in [5, 5.41) is 8.76. The van der Waals surface area contributed by atoms with Crippen molar-refractivity contribution in [3.8, 4) is 6.07 Å². The van der Waals surface area contributed by atoms with Crippen LogP contribution < -0.4 is 0 Å². The lowest BCUT2D eigenvalue weighted by atomic mass is 10.1. The molecule has 0 heterocycles. The Kier molecular flexibility index (Phi) is 4.10. The van der Waals surface area contributed by atoms with Crippen molar-refractivity contribution < 1.29 is 4.74 Å². The number of unbranched alkanes of at least 4 members (excludes halogenated alkanes) is 1. The summed E-state index contributed by atoms with van der Waals surface area (Å²) in [5.41, 5.74) is 0. The zero-order valence-electron chi connectivity index (χ0n) is 7.75. The van der Waals surface area contributed by atoms with Gasteiger partial charge in [0, 0.05) is 6.61 Å². The van der Waals surface area contributed by atoms with Crippen molar-refractivity contribution >= 4 is 0 Å². The van der Waals surface area contributed by atoms with E-state index in [-0.39, 0.29) is 12.0 Å². The summed E-state index contributed by atoms with van der Waals surface area (Å²) < 4.78 is 5.62. The molecule has 0 aromatic heterocycles. The van der Waals surface area contributed by atoms with Crippen LogP contribution in [0, 0.1) is 17.2 Å². The smallest absolute Gasteiger partial charge is 0.0733 e. The van der Waals surface area contributed by atoms with E-state index in [9.17, 15) is 0 Å². The molecular formula is C10H17NO. The largest absolute Gasteiger partial charge is 0.377 e. The van der Waals surface area contributed by atoms with Crippen molar-refractivity contribution in [1.82, 2.24) is 0 Å². The van der Waals surface area contributed by atoms with Crippen LogP contribution in [-0.2, 0) is 4.74 Å². The van der Waals surface area contributed by atoms with Crippen LogP contribution in [0.25, 0.3) is 0 Å². The van der Waals surface area contributed by atoms with Crippen molar-refractivity contribution in [3.05, 3.63) is 0 Å². The average Bonchev–Trinajstić information content (AvgIpc) is 2.52. The molecule has 1 rings (SSSR count). The molecule has 1 saturated carbocycles. The predicted octanol–water partition coefficient (Wildman–Crippen LogP) is 2.50. The second-order valence-corrected chi connectivity index (χ2v) is 3.43. The molecule has 68 valence electrons. The van der Waals surface area contributed by atoms with Gasteiger partial charge >= 0.3 is 0 Å². The van der Waals surface area contributed by atoms with Gasteiger partial charge in [0.25, 0.3) is 0 Å². The summed E-state index contributed by atoms with van der Waals surface area (Å²) in [4.78, 5) is 0. The zero-order valence-corrected chi connectivity index (χ0v) is 7.75. The first-order valence-electron chi connectivity index (χ1n) is 4.89.